The van der Waals surface area contributed by atoms with E-state index in [4.69, 9.17) is 4.74 Å². The number of rotatable bonds is 3. The van der Waals surface area contributed by atoms with E-state index >= 15 is 0 Å². The molecule has 1 amide bonds. The fraction of sp³-hybridized carbons (Fsp3) is 0.360. The fourth-order valence-electron chi connectivity index (χ4n) is 5.08. The molecule has 1 aromatic heterocycles. The number of aryl methyl sites for hydroxylation is 2. The number of hydrogen-bond donors (Lipinski definition) is 0. The Morgan fingerprint density at radius 2 is 1.88 bits per heavy atom. The molecule has 3 aromatic rings. The van der Waals surface area contributed by atoms with Gasteiger partial charge >= 0.3 is 0 Å². The van der Waals surface area contributed by atoms with Gasteiger partial charge in [0.05, 0.1) is 16.8 Å². The van der Waals surface area contributed by atoms with E-state index in [0.717, 1.165) is 29.1 Å². The largest absolute Gasteiger partial charge is 0.482 e. The second-order valence-electron chi connectivity index (χ2n) is 8.86. The van der Waals surface area contributed by atoms with Crippen LogP contribution in [0.15, 0.2) is 53.6 Å². The summed E-state index contributed by atoms with van der Waals surface area (Å²) in [4.78, 5) is 15.3. The lowest BCUT2D eigenvalue weighted by atomic mass is 9.81. The average Bonchev–Trinajstić information content (AvgIpc) is 3.24. The molecule has 3 heterocycles. The van der Waals surface area contributed by atoms with Crippen molar-refractivity contribution in [3.63, 3.8) is 0 Å². The molecule has 1 fully saturated rings. The molecule has 2 aromatic carbocycles. The topological polar surface area (TPSA) is 81.5 Å². The molecule has 1 spiro atoms. The molecular weight excluding hydrogens is 438 g/mol. The Morgan fingerprint density at radius 1 is 1.15 bits per heavy atom. The van der Waals surface area contributed by atoms with Gasteiger partial charge in [-0.25, -0.2) is 8.42 Å². The Morgan fingerprint density at radius 3 is 2.55 bits per heavy atom. The molecule has 0 bridgehead atoms. The molecule has 0 unspecified atom stereocenters. The Kier molecular flexibility index (Phi) is 5.08. The first-order valence-corrected chi connectivity index (χ1v) is 13.1. The molecule has 172 valence electrons. The number of carbonyl (C=O) groups is 1. The Labute approximate surface area is 193 Å². The van der Waals surface area contributed by atoms with E-state index in [0.29, 0.717) is 37.1 Å². The maximum absolute atomic E-state index is 13.2. The normalized spacial score (nSPS) is 16.8. The van der Waals surface area contributed by atoms with Crippen molar-refractivity contribution >= 4 is 15.7 Å². The first-order chi connectivity index (χ1) is 15.7. The van der Waals surface area contributed by atoms with Crippen LogP contribution in [0.5, 0.6) is 5.75 Å². The van der Waals surface area contributed by atoms with Crippen molar-refractivity contribution in [3.8, 4) is 17.0 Å². The number of piperidine rings is 1. The molecule has 0 atom stereocenters. The van der Waals surface area contributed by atoms with Gasteiger partial charge in [-0.05, 0) is 49.7 Å². The quantitative estimate of drug-likeness (QED) is 0.588. The maximum atomic E-state index is 13.2. The minimum absolute atomic E-state index is 0.0892. The Bertz CT molecular complexity index is 1350. The summed E-state index contributed by atoms with van der Waals surface area (Å²) in [6, 6.07) is 12.8. The molecule has 1 saturated heterocycles. The second-order valence-corrected chi connectivity index (χ2v) is 10.8. The van der Waals surface area contributed by atoms with Crippen molar-refractivity contribution in [2.75, 3.05) is 19.3 Å². The fourth-order valence-corrected chi connectivity index (χ4v) is 6.04. The first-order valence-electron chi connectivity index (χ1n) is 11.2. The zero-order chi connectivity index (χ0) is 23.4. The molecule has 0 aliphatic carbocycles. The van der Waals surface area contributed by atoms with Crippen molar-refractivity contribution in [1.29, 1.82) is 0 Å². The van der Waals surface area contributed by atoms with Crippen molar-refractivity contribution < 1.29 is 17.9 Å². The molecule has 33 heavy (non-hydrogen) atoms. The number of likely N-dealkylation sites (tertiary alicyclic amines) is 1. The van der Waals surface area contributed by atoms with Crippen LogP contribution in [0, 0.1) is 6.92 Å². The van der Waals surface area contributed by atoms with Crippen LogP contribution in [0.4, 0.5) is 0 Å². The molecule has 0 radical (unpaired) electrons. The first kappa shape index (κ1) is 21.7. The van der Waals surface area contributed by atoms with Gasteiger partial charge in [-0.15, -0.1) is 0 Å². The van der Waals surface area contributed by atoms with Crippen LogP contribution in [-0.4, -0.2) is 48.4 Å². The van der Waals surface area contributed by atoms with E-state index < -0.39 is 15.4 Å². The van der Waals surface area contributed by atoms with Gasteiger partial charge in [0.1, 0.15) is 11.4 Å². The minimum atomic E-state index is -3.32. The summed E-state index contributed by atoms with van der Waals surface area (Å²) in [5, 5.41) is 4.61. The van der Waals surface area contributed by atoms with E-state index in [-0.39, 0.29) is 10.8 Å². The second kappa shape index (κ2) is 7.73. The number of amides is 1. The zero-order valence-electron chi connectivity index (χ0n) is 19.0. The van der Waals surface area contributed by atoms with Crippen LogP contribution in [0.1, 0.15) is 41.3 Å². The smallest absolute Gasteiger partial charge is 0.253 e. The van der Waals surface area contributed by atoms with Gasteiger partial charge < -0.3 is 9.64 Å². The molecule has 7 nitrogen and oxygen atoms in total. The molecule has 2 aliphatic heterocycles. The highest BCUT2D eigenvalue weighted by Crippen LogP contribution is 2.49. The molecule has 5 rings (SSSR count). The number of sulfone groups is 1. The van der Waals surface area contributed by atoms with Gasteiger partial charge in [0.15, 0.2) is 9.84 Å². The predicted octanol–water partition coefficient (Wildman–Crippen LogP) is 3.81. The summed E-state index contributed by atoms with van der Waals surface area (Å²) in [5.74, 6) is 0.764. The van der Waals surface area contributed by atoms with Gasteiger partial charge in [-0.3, -0.25) is 9.48 Å². The van der Waals surface area contributed by atoms with Crippen LogP contribution in [0.3, 0.4) is 0 Å². The number of benzene rings is 2. The molecular formula is C25H27N3O4S. The maximum Gasteiger partial charge on any atom is 0.253 e. The summed E-state index contributed by atoms with van der Waals surface area (Å²) in [5.41, 5.74) is 3.82. The number of para-hydroxylation sites is 1. The summed E-state index contributed by atoms with van der Waals surface area (Å²) in [6.07, 6.45) is 4.42. The standard InChI is InChI=1S/C25H27N3O4S/c1-4-28-23-19-7-5-6-8-21(19)32-25(20(23)16-26-28)11-13-27(14-12-25)24(29)18-9-10-22(17(2)15-18)33(3,30)31/h5-10,15-16H,4,11-14H2,1-3H3. The van der Waals surface area contributed by atoms with Crippen LogP contribution in [0.25, 0.3) is 11.3 Å². The van der Waals surface area contributed by atoms with Gasteiger partial charge in [0, 0.05) is 55.4 Å². The third-order valence-electron chi connectivity index (χ3n) is 6.76. The number of ether oxygens (including phenoxy) is 1. The average molecular weight is 466 g/mol. The SMILES string of the molecule is CCn1ncc2c1-c1ccccc1OC21CCN(C(=O)c2ccc(S(C)(=O)=O)c(C)c2)CC1. The highest BCUT2D eigenvalue weighted by molar-refractivity contribution is 7.90. The third kappa shape index (κ3) is 3.53. The van der Waals surface area contributed by atoms with Gasteiger partial charge in [-0.1, -0.05) is 12.1 Å². The van der Waals surface area contributed by atoms with Gasteiger partial charge in [0.25, 0.3) is 5.91 Å². The van der Waals surface area contributed by atoms with Gasteiger partial charge in [-0.2, -0.15) is 5.10 Å². The van der Waals surface area contributed by atoms with Crippen LogP contribution in [-0.2, 0) is 22.0 Å². The lowest BCUT2D eigenvalue weighted by molar-refractivity contribution is -0.00175. The van der Waals surface area contributed by atoms with Crippen molar-refractivity contribution in [1.82, 2.24) is 14.7 Å². The van der Waals surface area contributed by atoms with Crippen LogP contribution >= 0.6 is 0 Å². The third-order valence-corrected chi connectivity index (χ3v) is 8.01. The molecule has 0 saturated carbocycles. The number of fused-ring (bicyclic) bond motifs is 4. The number of aromatic nitrogens is 2. The van der Waals surface area contributed by atoms with Crippen molar-refractivity contribution in [2.24, 2.45) is 0 Å². The summed E-state index contributed by atoms with van der Waals surface area (Å²) < 4.78 is 32.4. The minimum Gasteiger partial charge on any atom is -0.482 e. The predicted molar refractivity (Wildman–Crippen MR) is 125 cm³/mol. The van der Waals surface area contributed by atoms with Crippen LogP contribution < -0.4 is 4.74 Å². The van der Waals surface area contributed by atoms with Crippen molar-refractivity contribution in [3.05, 3.63) is 65.4 Å². The van der Waals surface area contributed by atoms with E-state index in [1.165, 1.54) is 12.3 Å². The lowest BCUT2D eigenvalue weighted by Crippen LogP contribution is -2.49. The summed E-state index contributed by atoms with van der Waals surface area (Å²) in [7, 11) is -3.32. The molecule has 0 N–H and O–H groups in total. The Hall–Kier alpha value is -3.13. The van der Waals surface area contributed by atoms with Gasteiger partial charge in [0.2, 0.25) is 0 Å². The number of hydrogen-bond acceptors (Lipinski definition) is 5. The lowest BCUT2D eigenvalue weighted by Gasteiger charge is -2.44. The summed E-state index contributed by atoms with van der Waals surface area (Å²) in [6.45, 7) is 5.66. The Balaban J connectivity index is 1.41. The zero-order valence-corrected chi connectivity index (χ0v) is 19.9. The van der Waals surface area contributed by atoms with E-state index in [1.807, 2.05) is 34.0 Å². The highest BCUT2D eigenvalue weighted by Gasteiger charge is 2.46. The summed E-state index contributed by atoms with van der Waals surface area (Å²) >= 11 is 0. The molecule has 2 aliphatic rings. The van der Waals surface area contributed by atoms with Crippen LogP contribution in [0.2, 0.25) is 0 Å². The van der Waals surface area contributed by atoms with E-state index in [1.54, 1.807) is 19.1 Å². The highest BCUT2D eigenvalue weighted by atomic mass is 32.2. The molecule has 8 heteroatoms. The van der Waals surface area contributed by atoms with E-state index in [9.17, 15) is 13.2 Å². The number of carbonyl (C=O) groups excluding carboxylic acids is 1. The van der Waals surface area contributed by atoms with E-state index in [2.05, 4.69) is 18.1 Å². The van der Waals surface area contributed by atoms with Crippen molar-refractivity contribution in [2.45, 2.75) is 43.7 Å². The number of nitrogens with zero attached hydrogens (tertiary/aromatic N) is 3. The monoisotopic (exact) mass is 465 g/mol.